The van der Waals surface area contributed by atoms with Crippen molar-refractivity contribution in [2.75, 3.05) is 0 Å². The number of fused-ring (bicyclic) bond motifs is 1. The Labute approximate surface area is 217 Å². The molecule has 2 saturated carbocycles. The number of allylic oxidation sites excluding steroid dienone is 2. The Morgan fingerprint density at radius 2 is 1.87 bits per heavy atom. The van der Waals surface area contributed by atoms with Crippen molar-refractivity contribution in [3.8, 4) is 6.07 Å². The monoisotopic (exact) mass is 551 g/mol. The molecule has 0 bridgehead atoms. The minimum absolute atomic E-state index is 0.0599. The molecule has 3 aliphatic carbocycles. The second-order valence-corrected chi connectivity index (χ2v) is 12.2. The zero-order valence-electron chi connectivity index (χ0n) is 20.5. The van der Waals surface area contributed by atoms with Crippen molar-refractivity contribution in [3.63, 3.8) is 0 Å². The molecule has 0 spiro atoms. The molecule has 5 rings (SSSR count). The van der Waals surface area contributed by atoms with E-state index in [1.54, 1.807) is 4.72 Å². The third-order valence-electron chi connectivity index (χ3n) is 8.32. The molecular formula is C27H26F5N3O2S. The maximum Gasteiger partial charge on any atom is 0.407 e. The van der Waals surface area contributed by atoms with Crippen LogP contribution >= 0.6 is 0 Å². The Kier molecular flexibility index (Phi) is 6.63. The van der Waals surface area contributed by atoms with Crippen LogP contribution in [0.15, 0.2) is 41.4 Å². The molecule has 2 aromatic rings. The molecule has 2 atom stereocenters. The molecule has 1 aromatic heterocycles. The molecule has 0 saturated heterocycles. The van der Waals surface area contributed by atoms with Gasteiger partial charge in [0, 0.05) is 11.8 Å². The molecule has 5 nitrogen and oxygen atoms in total. The molecule has 1 aromatic carbocycles. The fraction of sp³-hybridized carbons (Fsp3) is 0.481. The van der Waals surface area contributed by atoms with E-state index in [9.17, 15) is 35.6 Å². The number of pyridine rings is 1. The van der Waals surface area contributed by atoms with Gasteiger partial charge >= 0.3 is 6.18 Å². The quantitative estimate of drug-likeness (QED) is 0.403. The Morgan fingerprint density at radius 1 is 1.16 bits per heavy atom. The summed E-state index contributed by atoms with van der Waals surface area (Å²) in [4.78, 5) is 3.87. The number of sulfonamides is 1. The first-order chi connectivity index (χ1) is 17.9. The minimum Gasteiger partial charge on any atom is -0.255 e. The van der Waals surface area contributed by atoms with Crippen LogP contribution in [-0.4, -0.2) is 25.1 Å². The summed E-state index contributed by atoms with van der Waals surface area (Å²) in [6, 6.07) is 9.10. The molecule has 202 valence electrons. The van der Waals surface area contributed by atoms with Crippen LogP contribution in [0, 0.1) is 23.2 Å². The summed E-state index contributed by atoms with van der Waals surface area (Å²) >= 11 is 0. The Morgan fingerprint density at radius 3 is 2.37 bits per heavy atom. The summed E-state index contributed by atoms with van der Waals surface area (Å²) in [6.07, 6.45) is -3.51. The summed E-state index contributed by atoms with van der Waals surface area (Å²) in [6.45, 7) is 1.98. The van der Waals surface area contributed by atoms with Gasteiger partial charge in [-0.2, -0.15) is 23.2 Å². The van der Waals surface area contributed by atoms with Gasteiger partial charge in [0.15, 0.2) is 0 Å². The number of nitrogens with zero attached hydrogens (tertiary/aromatic N) is 2. The number of alkyl halides is 5. The van der Waals surface area contributed by atoms with Crippen LogP contribution in [0.5, 0.6) is 0 Å². The Hall–Kier alpha value is -2.84. The molecule has 2 fully saturated rings. The van der Waals surface area contributed by atoms with E-state index in [1.165, 1.54) is 30.3 Å². The molecule has 0 amide bonds. The van der Waals surface area contributed by atoms with Crippen LogP contribution in [-0.2, 0) is 10.0 Å². The van der Waals surface area contributed by atoms with Crippen LogP contribution < -0.4 is 4.72 Å². The number of nitrogens with one attached hydrogen (secondary N) is 1. The molecule has 11 heteroatoms. The highest BCUT2D eigenvalue weighted by Crippen LogP contribution is 2.51. The molecule has 0 aliphatic heterocycles. The number of hydrogen-bond acceptors (Lipinski definition) is 4. The molecular weight excluding hydrogens is 525 g/mol. The van der Waals surface area contributed by atoms with Gasteiger partial charge in [-0.25, -0.2) is 17.2 Å². The highest BCUT2D eigenvalue weighted by molar-refractivity contribution is 7.89. The van der Waals surface area contributed by atoms with E-state index in [0.717, 1.165) is 25.5 Å². The molecule has 1 N–H and O–H groups in total. The lowest BCUT2D eigenvalue weighted by molar-refractivity contribution is -0.160. The first kappa shape index (κ1) is 26.8. The third kappa shape index (κ3) is 4.62. The van der Waals surface area contributed by atoms with Gasteiger partial charge in [-0.3, -0.25) is 4.98 Å². The summed E-state index contributed by atoms with van der Waals surface area (Å²) < 4.78 is 94.1. The van der Waals surface area contributed by atoms with Gasteiger partial charge in [-0.1, -0.05) is 38.3 Å². The second-order valence-electron chi connectivity index (χ2n) is 10.5. The standard InChI is InChI=1S/C27H26F5N3O2S/c1-15-20(16-3-2-4-16)12-22(23(13-33)19-7-5-17(25(28)29)11-21(15)19)24-8-6-18(14-34-24)38(36,37)35-26(9-10-26)27(30,31)32/h5-8,11,14-16,20,25,35H,2-4,9-10,12H2,1H3. The second kappa shape index (κ2) is 9.42. The van der Waals surface area contributed by atoms with Gasteiger partial charge in [0.25, 0.3) is 6.43 Å². The normalized spacial score (nSPS) is 23.4. The molecule has 38 heavy (non-hydrogen) atoms. The van der Waals surface area contributed by atoms with Crippen molar-refractivity contribution in [2.45, 2.75) is 74.4 Å². The highest BCUT2D eigenvalue weighted by atomic mass is 32.2. The van der Waals surface area contributed by atoms with Gasteiger partial charge < -0.3 is 0 Å². The average molecular weight is 552 g/mol. The molecule has 3 aliphatic rings. The highest BCUT2D eigenvalue weighted by Gasteiger charge is 2.65. The molecule has 1 heterocycles. The summed E-state index contributed by atoms with van der Waals surface area (Å²) in [5.41, 5.74) is -0.153. The van der Waals surface area contributed by atoms with Crippen LogP contribution in [0.4, 0.5) is 22.0 Å². The van der Waals surface area contributed by atoms with E-state index in [2.05, 4.69) is 11.1 Å². The number of rotatable bonds is 6. The average Bonchev–Trinajstić information content (AvgIpc) is 3.62. The lowest BCUT2D eigenvalue weighted by atomic mass is 9.67. The number of halogens is 5. The zero-order valence-corrected chi connectivity index (χ0v) is 21.3. The lowest BCUT2D eigenvalue weighted by Crippen LogP contribution is -2.47. The van der Waals surface area contributed by atoms with Gasteiger partial charge in [0.1, 0.15) is 16.5 Å². The van der Waals surface area contributed by atoms with E-state index in [-0.39, 0.29) is 35.8 Å². The minimum atomic E-state index is -4.70. The smallest absolute Gasteiger partial charge is 0.255 e. The Balaban J connectivity index is 1.55. The SMILES string of the molecule is CC1c2cc(C(F)F)ccc2C(C#N)=C(c2ccc(S(=O)(=O)NC3(C(F)(F)F)CC3)cn2)CC1C1CCC1. The van der Waals surface area contributed by atoms with Gasteiger partial charge in [0.05, 0.1) is 11.3 Å². The van der Waals surface area contributed by atoms with Crippen molar-refractivity contribution in [1.82, 2.24) is 9.71 Å². The zero-order chi connectivity index (χ0) is 27.5. The van der Waals surface area contributed by atoms with Crippen LogP contribution in [0.1, 0.15) is 80.2 Å². The first-order valence-electron chi connectivity index (χ1n) is 12.5. The summed E-state index contributed by atoms with van der Waals surface area (Å²) in [5, 5.41) is 10.2. The molecule has 0 radical (unpaired) electrons. The third-order valence-corrected chi connectivity index (χ3v) is 9.84. The van der Waals surface area contributed by atoms with Gasteiger partial charge in [-0.05, 0) is 71.9 Å². The van der Waals surface area contributed by atoms with Crippen molar-refractivity contribution in [2.24, 2.45) is 11.8 Å². The van der Waals surface area contributed by atoms with Crippen molar-refractivity contribution < 1.29 is 30.4 Å². The molecule has 2 unspecified atom stereocenters. The van der Waals surface area contributed by atoms with E-state index >= 15 is 0 Å². The van der Waals surface area contributed by atoms with E-state index in [0.29, 0.717) is 34.7 Å². The topological polar surface area (TPSA) is 82.8 Å². The van der Waals surface area contributed by atoms with E-state index in [4.69, 9.17) is 0 Å². The van der Waals surface area contributed by atoms with Gasteiger partial charge in [-0.15, -0.1) is 0 Å². The summed E-state index contributed by atoms with van der Waals surface area (Å²) in [5.74, 6) is 0.308. The largest absolute Gasteiger partial charge is 0.407 e. The predicted octanol–water partition coefficient (Wildman–Crippen LogP) is 6.75. The van der Waals surface area contributed by atoms with Gasteiger partial charge in [0.2, 0.25) is 10.0 Å². The lowest BCUT2D eigenvalue weighted by Gasteiger charge is -2.37. The maximum atomic E-state index is 13.5. The number of aromatic nitrogens is 1. The fourth-order valence-corrected chi connectivity index (χ4v) is 7.03. The predicted molar refractivity (Wildman–Crippen MR) is 130 cm³/mol. The maximum absolute atomic E-state index is 13.5. The van der Waals surface area contributed by atoms with Crippen LogP contribution in [0.2, 0.25) is 0 Å². The van der Waals surface area contributed by atoms with Crippen molar-refractivity contribution in [3.05, 3.63) is 58.9 Å². The van der Waals surface area contributed by atoms with Crippen LogP contribution in [0.3, 0.4) is 0 Å². The number of hydrogen-bond donors (Lipinski definition) is 1. The van der Waals surface area contributed by atoms with Crippen molar-refractivity contribution >= 4 is 21.2 Å². The summed E-state index contributed by atoms with van der Waals surface area (Å²) in [7, 11) is -4.49. The Bertz CT molecular complexity index is 1420. The number of benzene rings is 1. The van der Waals surface area contributed by atoms with E-state index in [1.807, 2.05) is 6.92 Å². The van der Waals surface area contributed by atoms with E-state index < -0.39 is 33.1 Å². The first-order valence-corrected chi connectivity index (χ1v) is 14.0. The number of nitriles is 1. The van der Waals surface area contributed by atoms with Crippen molar-refractivity contribution in [1.29, 1.82) is 5.26 Å². The van der Waals surface area contributed by atoms with Crippen LogP contribution in [0.25, 0.3) is 11.1 Å². The fourth-order valence-electron chi connectivity index (χ4n) is 5.63.